The second-order valence-corrected chi connectivity index (χ2v) is 8.93. The molecule has 0 radical (unpaired) electrons. The number of carbonyl (C=O) groups excluding carboxylic acids is 2. The van der Waals surface area contributed by atoms with Gasteiger partial charge in [-0.15, -0.1) is 0 Å². The van der Waals surface area contributed by atoms with Gasteiger partial charge in [0.2, 0.25) is 11.8 Å². The van der Waals surface area contributed by atoms with Crippen LogP contribution in [0.3, 0.4) is 0 Å². The number of rotatable bonds is 8. The van der Waals surface area contributed by atoms with E-state index >= 15 is 0 Å². The van der Waals surface area contributed by atoms with Crippen molar-refractivity contribution in [3.05, 3.63) is 40.4 Å². The Hall–Kier alpha value is -2.12. The van der Waals surface area contributed by atoms with Crippen molar-refractivity contribution < 1.29 is 9.59 Å². The van der Waals surface area contributed by atoms with Gasteiger partial charge in [0.05, 0.1) is 13.0 Å². The summed E-state index contributed by atoms with van der Waals surface area (Å²) in [5.41, 5.74) is 1.64. The number of aromatic nitrogens is 2. The zero-order valence-corrected chi connectivity index (χ0v) is 18.4. The average Bonchev–Trinajstić information content (AvgIpc) is 2.97. The minimum Gasteiger partial charge on any atom is -0.310 e. The number of carbonyl (C=O) groups is 2. The molecule has 0 aliphatic carbocycles. The molecule has 1 aliphatic rings. The van der Waals surface area contributed by atoms with Crippen molar-refractivity contribution in [1.82, 2.24) is 9.97 Å². The van der Waals surface area contributed by atoms with Crippen LogP contribution in [0.2, 0.25) is 5.02 Å². The van der Waals surface area contributed by atoms with Crippen LogP contribution < -0.4 is 10.2 Å². The minimum atomic E-state index is -0.101. The maximum Gasteiger partial charge on any atom is 0.233 e. The Labute approximate surface area is 180 Å². The molecule has 6 nitrogen and oxygen atoms in total. The van der Waals surface area contributed by atoms with Crippen LogP contribution in [0.5, 0.6) is 0 Å². The molecular formula is C21H25ClN4O2S. The molecule has 0 saturated heterocycles. The monoisotopic (exact) mass is 432 g/mol. The van der Waals surface area contributed by atoms with Crippen LogP contribution in [0.1, 0.15) is 44.7 Å². The van der Waals surface area contributed by atoms with Gasteiger partial charge in [-0.05, 0) is 30.0 Å². The molecule has 0 unspecified atom stereocenters. The van der Waals surface area contributed by atoms with Crippen LogP contribution in [0.25, 0.3) is 0 Å². The second kappa shape index (κ2) is 9.59. The molecule has 0 bridgehead atoms. The highest BCUT2D eigenvalue weighted by atomic mass is 35.5. The van der Waals surface area contributed by atoms with E-state index in [0.717, 1.165) is 17.7 Å². The van der Waals surface area contributed by atoms with Gasteiger partial charge in [0, 0.05) is 22.8 Å². The second-order valence-electron chi connectivity index (χ2n) is 7.43. The zero-order chi connectivity index (χ0) is 21.0. The van der Waals surface area contributed by atoms with E-state index in [2.05, 4.69) is 22.2 Å². The Morgan fingerprint density at radius 1 is 1.28 bits per heavy atom. The quantitative estimate of drug-likeness (QED) is 0.483. The lowest BCUT2D eigenvalue weighted by Gasteiger charge is -2.18. The van der Waals surface area contributed by atoms with E-state index in [1.165, 1.54) is 11.8 Å². The molecular weight excluding hydrogens is 408 g/mol. The van der Waals surface area contributed by atoms with Gasteiger partial charge in [0.15, 0.2) is 5.16 Å². The van der Waals surface area contributed by atoms with Crippen molar-refractivity contribution in [2.45, 2.75) is 51.7 Å². The van der Waals surface area contributed by atoms with Crippen LogP contribution in [0, 0.1) is 5.92 Å². The van der Waals surface area contributed by atoms with Gasteiger partial charge in [-0.3, -0.25) is 14.5 Å². The standard InChI is InChI=1S/C21H25ClN4O2S/c1-4-9-29-21-24-19(23-17(27)10-13(2)3)16-11-18(28)26(20(16)25-21)12-14-5-7-15(22)8-6-14/h5-8,13H,4,9-12H2,1-3H3,(H,23,24,25,27). The van der Waals surface area contributed by atoms with E-state index in [4.69, 9.17) is 11.6 Å². The molecule has 8 heteroatoms. The summed E-state index contributed by atoms with van der Waals surface area (Å²) in [6.07, 6.45) is 1.56. The fourth-order valence-electron chi connectivity index (χ4n) is 3.05. The summed E-state index contributed by atoms with van der Waals surface area (Å²) in [5, 5.41) is 4.12. The SMILES string of the molecule is CCCSc1nc(NC(=O)CC(C)C)c2c(n1)N(Cc1ccc(Cl)cc1)C(=O)C2. The fourth-order valence-corrected chi connectivity index (χ4v) is 3.87. The van der Waals surface area contributed by atoms with Crippen molar-refractivity contribution in [3.63, 3.8) is 0 Å². The van der Waals surface area contributed by atoms with Gasteiger partial charge in [0.25, 0.3) is 0 Å². The van der Waals surface area contributed by atoms with E-state index in [9.17, 15) is 9.59 Å². The van der Waals surface area contributed by atoms with E-state index in [1.54, 1.807) is 17.0 Å². The highest BCUT2D eigenvalue weighted by Gasteiger charge is 2.33. The molecule has 0 atom stereocenters. The summed E-state index contributed by atoms with van der Waals surface area (Å²) in [7, 11) is 0. The van der Waals surface area contributed by atoms with E-state index in [-0.39, 0.29) is 24.2 Å². The topological polar surface area (TPSA) is 75.2 Å². The Kier molecular flexibility index (Phi) is 7.14. The van der Waals surface area contributed by atoms with Crippen molar-refractivity contribution in [1.29, 1.82) is 0 Å². The highest BCUT2D eigenvalue weighted by Crippen LogP contribution is 2.35. The smallest absolute Gasteiger partial charge is 0.233 e. The lowest BCUT2D eigenvalue weighted by atomic mass is 10.1. The molecule has 0 fully saturated rings. The fraction of sp³-hybridized carbons (Fsp3) is 0.429. The Morgan fingerprint density at radius 2 is 2.00 bits per heavy atom. The first kappa shape index (κ1) is 21.6. The van der Waals surface area contributed by atoms with Crippen LogP contribution in [0.15, 0.2) is 29.4 Å². The summed E-state index contributed by atoms with van der Waals surface area (Å²) in [4.78, 5) is 35.9. The Morgan fingerprint density at radius 3 is 2.66 bits per heavy atom. The van der Waals surface area contributed by atoms with Gasteiger partial charge in [0.1, 0.15) is 11.6 Å². The summed E-state index contributed by atoms with van der Waals surface area (Å²) in [5.74, 6) is 1.98. The number of nitrogens with zero attached hydrogens (tertiary/aromatic N) is 3. The number of thioether (sulfide) groups is 1. The van der Waals surface area contributed by atoms with Crippen molar-refractivity contribution >= 4 is 46.8 Å². The minimum absolute atomic E-state index is 0.0544. The molecule has 29 heavy (non-hydrogen) atoms. The summed E-state index contributed by atoms with van der Waals surface area (Å²) >= 11 is 7.49. The van der Waals surface area contributed by atoms with Gasteiger partial charge in [-0.25, -0.2) is 9.97 Å². The molecule has 1 aromatic heterocycles. The third-order valence-corrected chi connectivity index (χ3v) is 5.70. The Balaban J connectivity index is 1.93. The Bertz CT molecular complexity index is 902. The molecule has 0 spiro atoms. The first-order valence-corrected chi connectivity index (χ1v) is 11.1. The number of hydrogen-bond donors (Lipinski definition) is 1. The van der Waals surface area contributed by atoms with Crippen LogP contribution >= 0.6 is 23.4 Å². The molecule has 2 heterocycles. The highest BCUT2D eigenvalue weighted by molar-refractivity contribution is 7.99. The number of halogens is 1. The first-order chi connectivity index (χ1) is 13.9. The largest absolute Gasteiger partial charge is 0.310 e. The molecule has 154 valence electrons. The third-order valence-electron chi connectivity index (χ3n) is 4.39. The predicted molar refractivity (Wildman–Crippen MR) is 117 cm³/mol. The summed E-state index contributed by atoms with van der Waals surface area (Å²) in [6, 6.07) is 7.40. The van der Waals surface area contributed by atoms with Crippen LogP contribution in [0.4, 0.5) is 11.6 Å². The molecule has 1 N–H and O–H groups in total. The van der Waals surface area contributed by atoms with E-state index < -0.39 is 0 Å². The van der Waals surface area contributed by atoms with Crippen molar-refractivity contribution in [3.8, 4) is 0 Å². The number of fused-ring (bicyclic) bond motifs is 1. The summed E-state index contributed by atoms with van der Waals surface area (Å²) in [6.45, 7) is 6.47. The first-order valence-electron chi connectivity index (χ1n) is 9.75. The third kappa shape index (κ3) is 5.48. The van der Waals surface area contributed by atoms with Gasteiger partial charge < -0.3 is 5.32 Å². The lowest BCUT2D eigenvalue weighted by Crippen LogP contribution is -2.26. The average molecular weight is 433 g/mol. The number of benzene rings is 1. The molecule has 1 aromatic carbocycles. The van der Waals surface area contributed by atoms with Crippen LogP contribution in [-0.2, 0) is 22.6 Å². The van der Waals surface area contributed by atoms with Gasteiger partial charge in [-0.1, -0.05) is 56.3 Å². The molecule has 2 aromatic rings. The zero-order valence-electron chi connectivity index (χ0n) is 16.9. The van der Waals surface area contributed by atoms with Gasteiger partial charge >= 0.3 is 0 Å². The number of amides is 2. The lowest BCUT2D eigenvalue weighted by molar-refractivity contribution is -0.118. The number of nitrogens with one attached hydrogen (secondary N) is 1. The summed E-state index contributed by atoms with van der Waals surface area (Å²) < 4.78 is 0. The molecule has 2 amide bonds. The van der Waals surface area contributed by atoms with Crippen molar-refractivity contribution in [2.75, 3.05) is 16.0 Å². The molecule has 3 rings (SSSR count). The maximum absolute atomic E-state index is 12.8. The van der Waals surface area contributed by atoms with E-state index in [1.807, 2.05) is 26.0 Å². The van der Waals surface area contributed by atoms with Gasteiger partial charge in [-0.2, -0.15) is 0 Å². The number of anilines is 2. The van der Waals surface area contributed by atoms with E-state index in [0.29, 0.717) is 40.3 Å². The van der Waals surface area contributed by atoms with Crippen LogP contribution in [-0.4, -0.2) is 27.5 Å². The van der Waals surface area contributed by atoms with Crippen molar-refractivity contribution in [2.24, 2.45) is 5.92 Å². The number of hydrogen-bond acceptors (Lipinski definition) is 5. The normalized spacial score (nSPS) is 13.1. The maximum atomic E-state index is 12.8. The predicted octanol–water partition coefficient (Wildman–Crippen LogP) is 4.71. The molecule has 1 aliphatic heterocycles. The molecule has 0 saturated carbocycles.